The second-order valence-electron chi connectivity index (χ2n) is 6.84. The molecule has 0 aliphatic carbocycles. The lowest BCUT2D eigenvalue weighted by atomic mass is 10.1. The fourth-order valence-corrected chi connectivity index (χ4v) is 4.13. The van der Waals surface area contributed by atoms with Gasteiger partial charge in [-0.05, 0) is 49.4 Å². The van der Waals surface area contributed by atoms with E-state index in [2.05, 4.69) is 59.0 Å². The van der Waals surface area contributed by atoms with Crippen LogP contribution in [0.1, 0.15) is 30.0 Å². The highest BCUT2D eigenvalue weighted by atomic mass is 32.1. The van der Waals surface area contributed by atoms with Gasteiger partial charge in [-0.3, -0.25) is 4.90 Å². The average molecular weight is 369 g/mol. The molecular formula is C20H24N4OS. The molecule has 0 amide bonds. The zero-order valence-electron chi connectivity index (χ0n) is 15.5. The van der Waals surface area contributed by atoms with Crippen LogP contribution in [0.4, 0.5) is 5.69 Å². The molecule has 1 saturated heterocycles. The van der Waals surface area contributed by atoms with Crippen molar-refractivity contribution in [1.29, 1.82) is 0 Å². The van der Waals surface area contributed by atoms with Crippen LogP contribution in [-0.4, -0.2) is 41.3 Å². The lowest BCUT2D eigenvalue weighted by Crippen LogP contribution is -2.47. The molecule has 1 unspecified atom stereocenters. The smallest absolute Gasteiger partial charge is 0.257 e. The Balaban J connectivity index is 1.42. The summed E-state index contributed by atoms with van der Waals surface area (Å²) in [7, 11) is 0. The third kappa shape index (κ3) is 3.27. The monoisotopic (exact) mass is 368 g/mol. The first-order chi connectivity index (χ1) is 12.6. The number of piperazine rings is 1. The Bertz CT molecular complexity index is 866. The van der Waals surface area contributed by atoms with Gasteiger partial charge >= 0.3 is 0 Å². The van der Waals surface area contributed by atoms with Crippen LogP contribution in [0, 0.1) is 13.8 Å². The third-order valence-electron chi connectivity index (χ3n) is 5.31. The molecule has 136 valence electrons. The molecule has 5 nitrogen and oxygen atoms in total. The van der Waals surface area contributed by atoms with Gasteiger partial charge in [-0.15, -0.1) is 21.5 Å². The van der Waals surface area contributed by atoms with Crippen LogP contribution < -0.4 is 4.90 Å². The van der Waals surface area contributed by atoms with Crippen molar-refractivity contribution >= 4 is 17.0 Å². The minimum absolute atomic E-state index is 0.136. The molecule has 0 spiro atoms. The highest BCUT2D eigenvalue weighted by Crippen LogP contribution is 2.29. The van der Waals surface area contributed by atoms with Crippen molar-refractivity contribution in [3.8, 4) is 10.8 Å². The van der Waals surface area contributed by atoms with Crippen molar-refractivity contribution < 1.29 is 4.42 Å². The van der Waals surface area contributed by atoms with Crippen molar-refractivity contribution in [2.24, 2.45) is 0 Å². The summed E-state index contributed by atoms with van der Waals surface area (Å²) in [4.78, 5) is 5.93. The first kappa shape index (κ1) is 17.2. The van der Waals surface area contributed by atoms with Gasteiger partial charge in [0.1, 0.15) is 0 Å². The van der Waals surface area contributed by atoms with Crippen LogP contribution in [0.15, 0.2) is 40.1 Å². The first-order valence-electron chi connectivity index (χ1n) is 9.06. The fraction of sp³-hybridized carbons (Fsp3) is 0.400. The molecule has 0 radical (unpaired) electrons. The predicted octanol–water partition coefficient (Wildman–Crippen LogP) is 4.30. The number of aromatic nitrogens is 2. The van der Waals surface area contributed by atoms with E-state index in [1.807, 2.05) is 17.5 Å². The lowest BCUT2D eigenvalue weighted by molar-refractivity contribution is 0.173. The first-order valence-corrected chi connectivity index (χ1v) is 9.94. The van der Waals surface area contributed by atoms with E-state index in [0.29, 0.717) is 11.8 Å². The van der Waals surface area contributed by atoms with Crippen LogP contribution in [0.3, 0.4) is 0 Å². The van der Waals surface area contributed by atoms with Crippen LogP contribution in [0.2, 0.25) is 0 Å². The number of anilines is 1. The predicted molar refractivity (Wildman–Crippen MR) is 106 cm³/mol. The fourth-order valence-electron chi connectivity index (χ4n) is 3.49. The van der Waals surface area contributed by atoms with E-state index in [0.717, 1.165) is 31.1 Å². The van der Waals surface area contributed by atoms with Gasteiger partial charge in [0.25, 0.3) is 5.89 Å². The Labute approximate surface area is 158 Å². The summed E-state index contributed by atoms with van der Waals surface area (Å²) in [6.45, 7) is 10.6. The van der Waals surface area contributed by atoms with E-state index in [1.165, 1.54) is 16.8 Å². The summed E-state index contributed by atoms with van der Waals surface area (Å²) in [5.41, 5.74) is 4.09. The highest BCUT2D eigenvalue weighted by molar-refractivity contribution is 7.13. The van der Waals surface area contributed by atoms with Crippen LogP contribution in [0.5, 0.6) is 0 Å². The number of nitrogens with zero attached hydrogens (tertiary/aromatic N) is 4. The van der Waals surface area contributed by atoms with E-state index in [1.54, 1.807) is 11.3 Å². The Morgan fingerprint density at radius 1 is 1.04 bits per heavy atom. The third-order valence-corrected chi connectivity index (χ3v) is 6.17. The van der Waals surface area contributed by atoms with Gasteiger partial charge in [-0.25, -0.2) is 0 Å². The van der Waals surface area contributed by atoms with Gasteiger partial charge in [-0.2, -0.15) is 0 Å². The van der Waals surface area contributed by atoms with Crippen molar-refractivity contribution in [2.75, 3.05) is 31.1 Å². The number of rotatable bonds is 4. The van der Waals surface area contributed by atoms with E-state index in [9.17, 15) is 0 Å². The van der Waals surface area contributed by atoms with Gasteiger partial charge in [0.05, 0.1) is 10.9 Å². The van der Waals surface area contributed by atoms with Gasteiger partial charge in [0.2, 0.25) is 5.89 Å². The summed E-state index contributed by atoms with van der Waals surface area (Å²) in [5.74, 6) is 1.32. The maximum atomic E-state index is 5.92. The molecule has 1 aliphatic rings. The Morgan fingerprint density at radius 2 is 1.85 bits per heavy atom. The molecule has 0 saturated carbocycles. The minimum atomic E-state index is 0.136. The summed E-state index contributed by atoms with van der Waals surface area (Å²) in [5, 5.41) is 10.5. The molecule has 1 aromatic carbocycles. The summed E-state index contributed by atoms with van der Waals surface area (Å²) < 4.78 is 5.92. The highest BCUT2D eigenvalue weighted by Gasteiger charge is 2.26. The molecule has 3 aromatic rings. The van der Waals surface area contributed by atoms with Crippen LogP contribution in [0.25, 0.3) is 10.8 Å². The summed E-state index contributed by atoms with van der Waals surface area (Å²) in [6, 6.07) is 10.7. The average Bonchev–Trinajstić information content (AvgIpc) is 3.35. The van der Waals surface area contributed by atoms with E-state index in [-0.39, 0.29) is 6.04 Å². The summed E-state index contributed by atoms with van der Waals surface area (Å²) in [6.07, 6.45) is 0. The second kappa shape index (κ2) is 7.21. The number of hydrogen-bond acceptors (Lipinski definition) is 6. The Hall–Kier alpha value is -2.18. The molecule has 1 atom stereocenters. The molecule has 6 heteroatoms. The second-order valence-corrected chi connectivity index (χ2v) is 7.79. The van der Waals surface area contributed by atoms with Gasteiger partial charge in [0.15, 0.2) is 0 Å². The molecule has 2 aromatic heterocycles. The van der Waals surface area contributed by atoms with Crippen molar-refractivity contribution in [1.82, 2.24) is 15.1 Å². The molecule has 1 fully saturated rings. The molecule has 0 N–H and O–H groups in total. The lowest BCUT2D eigenvalue weighted by Gasteiger charge is -2.38. The largest absolute Gasteiger partial charge is 0.418 e. The molecule has 0 bridgehead atoms. The SMILES string of the molecule is Cc1cccc(N2CCN(C(C)c3nnc(-c4cccs4)o3)CC2)c1C. The van der Waals surface area contributed by atoms with Crippen molar-refractivity contribution in [2.45, 2.75) is 26.8 Å². The quantitative estimate of drug-likeness (QED) is 0.687. The molecular weight excluding hydrogens is 344 g/mol. The molecule has 1 aliphatic heterocycles. The maximum Gasteiger partial charge on any atom is 0.257 e. The maximum absolute atomic E-state index is 5.92. The number of aryl methyl sites for hydroxylation is 1. The van der Waals surface area contributed by atoms with Gasteiger partial charge in [-0.1, -0.05) is 18.2 Å². The van der Waals surface area contributed by atoms with E-state index < -0.39 is 0 Å². The Kier molecular flexibility index (Phi) is 4.78. The topological polar surface area (TPSA) is 45.4 Å². The minimum Gasteiger partial charge on any atom is -0.418 e. The number of hydrogen-bond donors (Lipinski definition) is 0. The van der Waals surface area contributed by atoms with Crippen LogP contribution >= 0.6 is 11.3 Å². The normalized spacial score (nSPS) is 16.8. The number of benzene rings is 1. The molecule has 3 heterocycles. The van der Waals surface area contributed by atoms with Crippen molar-refractivity contribution in [3.05, 3.63) is 52.7 Å². The van der Waals surface area contributed by atoms with Gasteiger partial charge < -0.3 is 9.32 Å². The van der Waals surface area contributed by atoms with E-state index in [4.69, 9.17) is 4.42 Å². The van der Waals surface area contributed by atoms with E-state index >= 15 is 0 Å². The van der Waals surface area contributed by atoms with Crippen molar-refractivity contribution in [3.63, 3.8) is 0 Å². The zero-order chi connectivity index (χ0) is 18.1. The molecule has 26 heavy (non-hydrogen) atoms. The number of thiophene rings is 1. The van der Waals surface area contributed by atoms with Gasteiger partial charge in [0, 0.05) is 31.9 Å². The Morgan fingerprint density at radius 3 is 2.58 bits per heavy atom. The summed E-state index contributed by atoms with van der Waals surface area (Å²) >= 11 is 1.62. The van der Waals surface area contributed by atoms with Crippen LogP contribution in [-0.2, 0) is 0 Å². The standard InChI is InChI=1S/C20H24N4OS/c1-14-6-4-7-17(15(14)2)24-11-9-23(10-12-24)16(3)19-21-22-20(25-19)18-8-5-13-26-18/h4-8,13,16H,9-12H2,1-3H3. The zero-order valence-corrected chi connectivity index (χ0v) is 16.3. The molecule has 4 rings (SSSR count).